The number of carbonyl (C=O) groups excluding carboxylic acids is 1. The third kappa shape index (κ3) is 5.03. The number of anilines is 1. The van der Waals surface area contributed by atoms with E-state index in [1.165, 1.54) is 11.3 Å². The average Bonchev–Trinajstić information content (AvgIpc) is 3.41. The van der Waals surface area contributed by atoms with Crippen LogP contribution in [0, 0.1) is 6.92 Å². The van der Waals surface area contributed by atoms with Gasteiger partial charge < -0.3 is 9.72 Å². The minimum absolute atomic E-state index is 0. The largest absolute Gasteiger partial charge is 0.379 e. The number of amides is 1. The van der Waals surface area contributed by atoms with E-state index in [-0.39, 0.29) is 18.3 Å². The summed E-state index contributed by atoms with van der Waals surface area (Å²) >= 11 is 7.79. The highest BCUT2D eigenvalue weighted by atomic mass is 35.5. The molecule has 0 unspecified atom stereocenters. The number of aryl methyl sites for hydroxylation is 1. The molecule has 4 aromatic rings. The molecule has 3 heterocycles. The number of rotatable bonds is 6. The van der Waals surface area contributed by atoms with Gasteiger partial charge in [0.25, 0.3) is 5.91 Å². The van der Waals surface area contributed by atoms with Crippen LogP contribution in [0.15, 0.2) is 42.6 Å². The number of aromatic nitrogens is 2. The zero-order valence-electron chi connectivity index (χ0n) is 18.3. The fourth-order valence-electron chi connectivity index (χ4n) is 4.21. The van der Waals surface area contributed by atoms with E-state index in [1.807, 2.05) is 48.2 Å². The van der Waals surface area contributed by atoms with Gasteiger partial charge in [-0.3, -0.25) is 14.6 Å². The van der Waals surface area contributed by atoms with E-state index in [0.717, 1.165) is 66.0 Å². The van der Waals surface area contributed by atoms with Gasteiger partial charge in [0.1, 0.15) is 0 Å². The Bertz CT molecular complexity index is 1270. The molecule has 33 heavy (non-hydrogen) atoms. The van der Waals surface area contributed by atoms with E-state index in [0.29, 0.717) is 22.3 Å². The minimum atomic E-state index is -0.0350. The maximum Gasteiger partial charge on any atom is 0.262 e. The highest BCUT2D eigenvalue weighted by Gasteiger charge is 2.24. The molecule has 9 heteroatoms. The fraction of sp³-hybridized carbons (Fsp3) is 0.333. The van der Waals surface area contributed by atoms with Gasteiger partial charge in [0.05, 0.1) is 29.0 Å². The SMILES string of the molecule is Cc1cc(Cl)cc2sc(N(CCCN3CCOCC3)C(=O)c3c[nH]c4ccccc34)nc12.Cl. The first-order valence-electron chi connectivity index (χ1n) is 10.8. The van der Waals surface area contributed by atoms with Crippen LogP contribution < -0.4 is 4.90 Å². The fourth-order valence-corrected chi connectivity index (χ4v) is 5.66. The molecule has 5 rings (SSSR count). The van der Waals surface area contributed by atoms with Crippen LogP contribution >= 0.6 is 35.3 Å². The Balaban J connectivity index is 0.00000259. The molecule has 0 radical (unpaired) electrons. The Morgan fingerprint density at radius 2 is 2.06 bits per heavy atom. The predicted octanol–water partition coefficient (Wildman–Crippen LogP) is 5.53. The van der Waals surface area contributed by atoms with Gasteiger partial charge in [0.2, 0.25) is 0 Å². The summed E-state index contributed by atoms with van der Waals surface area (Å²) < 4.78 is 6.45. The summed E-state index contributed by atoms with van der Waals surface area (Å²) in [5, 5.41) is 2.32. The Morgan fingerprint density at radius 3 is 2.88 bits per heavy atom. The van der Waals surface area contributed by atoms with Crippen LogP contribution in [0.25, 0.3) is 21.1 Å². The number of hydrogen-bond acceptors (Lipinski definition) is 5. The van der Waals surface area contributed by atoms with Crippen molar-refractivity contribution in [2.45, 2.75) is 13.3 Å². The zero-order chi connectivity index (χ0) is 22.1. The highest BCUT2D eigenvalue weighted by molar-refractivity contribution is 7.22. The molecule has 0 saturated carbocycles. The molecule has 174 valence electrons. The summed E-state index contributed by atoms with van der Waals surface area (Å²) in [6.07, 6.45) is 2.67. The van der Waals surface area contributed by atoms with E-state index in [1.54, 1.807) is 6.20 Å². The first-order chi connectivity index (χ1) is 15.6. The monoisotopic (exact) mass is 504 g/mol. The maximum absolute atomic E-state index is 13.7. The third-order valence-electron chi connectivity index (χ3n) is 5.89. The second-order valence-corrected chi connectivity index (χ2v) is 9.52. The van der Waals surface area contributed by atoms with Crippen LogP contribution in [0.5, 0.6) is 0 Å². The molecule has 0 atom stereocenters. The first-order valence-corrected chi connectivity index (χ1v) is 12.0. The van der Waals surface area contributed by atoms with Crippen LogP contribution in [0.2, 0.25) is 5.02 Å². The molecule has 2 aromatic heterocycles. The van der Waals surface area contributed by atoms with Gasteiger partial charge in [-0.05, 0) is 37.1 Å². The van der Waals surface area contributed by atoms with Crippen molar-refractivity contribution in [3.8, 4) is 0 Å². The van der Waals surface area contributed by atoms with E-state index < -0.39 is 0 Å². The average molecular weight is 505 g/mol. The van der Waals surface area contributed by atoms with Crippen LogP contribution in [0.4, 0.5) is 5.13 Å². The summed E-state index contributed by atoms with van der Waals surface area (Å²) in [5.41, 5.74) is 3.54. The van der Waals surface area contributed by atoms with E-state index in [4.69, 9.17) is 21.3 Å². The topological polar surface area (TPSA) is 61.5 Å². The third-order valence-corrected chi connectivity index (χ3v) is 7.14. The molecule has 1 aliphatic rings. The predicted molar refractivity (Wildman–Crippen MR) is 138 cm³/mol. The number of carbonyl (C=O) groups is 1. The number of benzene rings is 2. The number of para-hydroxylation sites is 1. The standard InChI is InChI=1S/C24H25ClN4O2S.ClH/c1-16-13-17(25)14-21-22(16)27-24(32-21)29(8-4-7-28-9-11-31-12-10-28)23(30)19-15-26-20-6-3-2-5-18(19)20;/h2-3,5-6,13-15,26H,4,7-12H2,1H3;1H. The second kappa shape index (κ2) is 10.4. The smallest absolute Gasteiger partial charge is 0.262 e. The van der Waals surface area contributed by atoms with Crippen molar-refractivity contribution in [3.05, 3.63) is 58.7 Å². The van der Waals surface area contributed by atoms with Gasteiger partial charge in [-0.1, -0.05) is 41.1 Å². The van der Waals surface area contributed by atoms with E-state index >= 15 is 0 Å². The first kappa shape index (κ1) is 24.0. The number of thiazole rings is 1. The lowest BCUT2D eigenvalue weighted by molar-refractivity contribution is 0.0376. The van der Waals surface area contributed by atoms with Gasteiger partial charge in [0.15, 0.2) is 5.13 Å². The molecule has 0 aliphatic carbocycles. The lowest BCUT2D eigenvalue weighted by atomic mass is 10.1. The molecular weight excluding hydrogens is 479 g/mol. The van der Waals surface area contributed by atoms with E-state index in [9.17, 15) is 4.79 Å². The summed E-state index contributed by atoms with van der Waals surface area (Å²) in [6.45, 7) is 6.96. The minimum Gasteiger partial charge on any atom is -0.379 e. The number of morpholine rings is 1. The lowest BCUT2D eigenvalue weighted by Crippen LogP contribution is -2.39. The molecule has 0 spiro atoms. The summed E-state index contributed by atoms with van der Waals surface area (Å²) in [7, 11) is 0. The number of halogens is 2. The van der Waals surface area contributed by atoms with Crippen LogP contribution in [0.3, 0.4) is 0 Å². The van der Waals surface area contributed by atoms with Gasteiger partial charge in [0, 0.05) is 48.3 Å². The van der Waals surface area contributed by atoms with Crippen molar-refractivity contribution in [3.63, 3.8) is 0 Å². The summed E-state index contributed by atoms with van der Waals surface area (Å²) in [5.74, 6) is -0.0350. The van der Waals surface area contributed by atoms with Crippen LogP contribution in [-0.4, -0.2) is 60.2 Å². The van der Waals surface area contributed by atoms with Crippen LogP contribution in [-0.2, 0) is 4.74 Å². The number of fused-ring (bicyclic) bond motifs is 2. The van der Waals surface area contributed by atoms with Crippen molar-refractivity contribution in [1.82, 2.24) is 14.9 Å². The van der Waals surface area contributed by atoms with Gasteiger partial charge >= 0.3 is 0 Å². The number of nitrogens with one attached hydrogen (secondary N) is 1. The highest BCUT2D eigenvalue weighted by Crippen LogP contribution is 2.34. The Kier molecular flexibility index (Phi) is 7.56. The lowest BCUT2D eigenvalue weighted by Gasteiger charge is -2.27. The summed E-state index contributed by atoms with van der Waals surface area (Å²) in [4.78, 5) is 26.0. The normalized spacial score (nSPS) is 14.5. The summed E-state index contributed by atoms with van der Waals surface area (Å²) in [6, 6.07) is 11.7. The molecule has 2 aromatic carbocycles. The molecule has 1 fully saturated rings. The quantitative estimate of drug-likeness (QED) is 0.374. The molecule has 1 N–H and O–H groups in total. The molecule has 6 nitrogen and oxygen atoms in total. The van der Waals surface area contributed by atoms with Crippen molar-refractivity contribution in [2.24, 2.45) is 0 Å². The van der Waals surface area contributed by atoms with E-state index in [2.05, 4.69) is 9.88 Å². The van der Waals surface area contributed by atoms with Gasteiger partial charge in [-0.15, -0.1) is 12.4 Å². The molecular formula is C24H26Cl2N4O2S. The molecule has 0 bridgehead atoms. The molecule has 1 amide bonds. The maximum atomic E-state index is 13.7. The van der Waals surface area contributed by atoms with Gasteiger partial charge in [-0.25, -0.2) is 4.98 Å². The van der Waals surface area contributed by atoms with Gasteiger partial charge in [-0.2, -0.15) is 0 Å². The van der Waals surface area contributed by atoms with Crippen molar-refractivity contribution < 1.29 is 9.53 Å². The number of aromatic amines is 1. The number of hydrogen-bond donors (Lipinski definition) is 1. The zero-order valence-corrected chi connectivity index (χ0v) is 20.7. The molecule has 1 aliphatic heterocycles. The Hall–Kier alpha value is -2.16. The Morgan fingerprint density at radius 1 is 1.27 bits per heavy atom. The second-order valence-electron chi connectivity index (χ2n) is 8.08. The van der Waals surface area contributed by atoms with Crippen molar-refractivity contribution >= 4 is 67.5 Å². The Labute approximate surface area is 207 Å². The number of H-pyrrole nitrogens is 1. The number of ether oxygens (including phenoxy) is 1. The van der Waals surface area contributed by atoms with Crippen LogP contribution in [0.1, 0.15) is 22.3 Å². The van der Waals surface area contributed by atoms with Crippen molar-refractivity contribution in [1.29, 1.82) is 0 Å². The van der Waals surface area contributed by atoms with Crippen molar-refractivity contribution in [2.75, 3.05) is 44.3 Å². The molecule has 1 saturated heterocycles. The number of nitrogens with zero attached hydrogens (tertiary/aromatic N) is 3.